The number of nitrogens with one attached hydrogen (secondary N) is 1. The van der Waals surface area contributed by atoms with Crippen LogP contribution >= 0.6 is 11.3 Å². The van der Waals surface area contributed by atoms with Gasteiger partial charge in [0.05, 0.1) is 36.2 Å². The maximum Gasteiger partial charge on any atom is 0.332 e. The highest BCUT2D eigenvalue weighted by molar-refractivity contribution is 7.22. The fourth-order valence-electron chi connectivity index (χ4n) is 5.79. The monoisotopic (exact) mass is 596 g/mol. The van der Waals surface area contributed by atoms with Crippen LogP contribution < -0.4 is 21.3 Å². The highest BCUT2D eigenvalue weighted by Crippen LogP contribution is 2.38. The Morgan fingerprint density at radius 3 is 2.64 bits per heavy atom. The first-order chi connectivity index (χ1) is 20.3. The topological polar surface area (TPSA) is 135 Å². The number of hydrogen-bond acceptors (Lipinski definition) is 9. The number of fused-ring (bicyclic) bond motifs is 1. The van der Waals surface area contributed by atoms with Crippen LogP contribution in [0.15, 0.2) is 44.7 Å². The molecule has 42 heavy (non-hydrogen) atoms. The molecule has 2 aliphatic rings. The number of nitrogens with zero attached hydrogens (tertiary/aromatic N) is 3. The van der Waals surface area contributed by atoms with Gasteiger partial charge in [-0.3, -0.25) is 19.0 Å². The van der Waals surface area contributed by atoms with E-state index in [1.165, 1.54) is 53.7 Å². The minimum atomic E-state index is -0.974. The number of ether oxygens (including phenoxy) is 2. The molecule has 2 fully saturated rings. The summed E-state index contributed by atoms with van der Waals surface area (Å²) in [7, 11) is 1.46. The zero-order valence-electron chi connectivity index (χ0n) is 23.1. The second kappa shape index (κ2) is 11.3. The van der Waals surface area contributed by atoms with Gasteiger partial charge >= 0.3 is 5.69 Å². The number of aromatic nitrogens is 3. The van der Waals surface area contributed by atoms with Gasteiger partial charge in [-0.05, 0) is 49.9 Å². The highest BCUT2D eigenvalue weighted by Gasteiger charge is 2.34. The van der Waals surface area contributed by atoms with Crippen molar-refractivity contribution in [2.75, 3.05) is 13.7 Å². The van der Waals surface area contributed by atoms with Crippen molar-refractivity contribution in [3.8, 4) is 16.5 Å². The fraction of sp³-hybridized carbons (Fsp3) is 0.414. The molecule has 1 aliphatic heterocycles. The smallest absolute Gasteiger partial charge is 0.332 e. The van der Waals surface area contributed by atoms with Gasteiger partial charge in [0.15, 0.2) is 0 Å². The minimum Gasteiger partial charge on any atom is -0.496 e. The molecule has 1 aromatic carbocycles. The number of benzene rings is 1. The summed E-state index contributed by atoms with van der Waals surface area (Å²) in [4.78, 5) is 57.8. The third kappa shape index (κ3) is 4.96. The van der Waals surface area contributed by atoms with Crippen LogP contribution in [0.1, 0.15) is 55.4 Å². The molecule has 4 heterocycles. The van der Waals surface area contributed by atoms with Crippen LogP contribution in [-0.4, -0.2) is 45.6 Å². The van der Waals surface area contributed by atoms with Gasteiger partial charge in [0, 0.05) is 24.9 Å². The van der Waals surface area contributed by atoms with Gasteiger partial charge in [0.25, 0.3) is 5.56 Å². The maximum absolute atomic E-state index is 14.6. The van der Waals surface area contributed by atoms with Crippen molar-refractivity contribution in [3.63, 3.8) is 0 Å². The summed E-state index contributed by atoms with van der Waals surface area (Å²) in [6.45, 7) is 1.97. The Kier molecular flexibility index (Phi) is 7.54. The largest absolute Gasteiger partial charge is 0.496 e. The van der Waals surface area contributed by atoms with Crippen molar-refractivity contribution in [1.29, 1.82) is 0 Å². The van der Waals surface area contributed by atoms with Crippen LogP contribution in [0.3, 0.4) is 0 Å². The van der Waals surface area contributed by atoms with E-state index in [0.717, 1.165) is 4.57 Å². The zero-order valence-corrected chi connectivity index (χ0v) is 23.9. The number of halogens is 1. The molecule has 0 spiro atoms. The normalized spacial score (nSPS) is 18.5. The number of methoxy groups -OCH3 is 1. The predicted octanol–water partition coefficient (Wildman–Crippen LogP) is 3.67. The molecule has 1 N–H and O–H groups in total. The summed E-state index contributed by atoms with van der Waals surface area (Å²) in [6, 6.07) is 3.09. The van der Waals surface area contributed by atoms with Crippen LogP contribution in [0.25, 0.3) is 21.0 Å². The molecule has 0 bridgehead atoms. The van der Waals surface area contributed by atoms with Crippen LogP contribution in [-0.2, 0) is 20.9 Å². The second-order valence-corrected chi connectivity index (χ2v) is 11.5. The predicted molar refractivity (Wildman–Crippen MR) is 151 cm³/mol. The molecule has 11 nitrogen and oxygen atoms in total. The van der Waals surface area contributed by atoms with Gasteiger partial charge in [-0.15, -0.1) is 11.3 Å². The Morgan fingerprint density at radius 2 is 1.98 bits per heavy atom. The van der Waals surface area contributed by atoms with E-state index in [2.05, 4.69) is 10.3 Å². The van der Waals surface area contributed by atoms with Gasteiger partial charge in [-0.1, -0.05) is 0 Å². The first-order valence-corrected chi connectivity index (χ1v) is 14.5. The van der Waals surface area contributed by atoms with Crippen molar-refractivity contribution < 1.29 is 27.9 Å². The van der Waals surface area contributed by atoms with Crippen LogP contribution in [0.2, 0.25) is 0 Å². The number of oxazole rings is 1. The second-order valence-electron chi connectivity index (χ2n) is 10.5. The number of ketones is 1. The molecule has 6 rings (SSSR count). The molecule has 220 valence electrons. The summed E-state index contributed by atoms with van der Waals surface area (Å²) < 4.78 is 34.6. The Bertz CT molecular complexity index is 1780. The fourth-order valence-corrected chi connectivity index (χ4v) is 7.03. The van der Waals surface area contributed by atoms with Gasteiger partial charge in [-0.2, -0.15) is 0 Å². The van der Waals surface area contributed by atoms with E-state index >= 15 is 0 Å². The van der Waals surface area contributed by atoms with E-state index in [-0.39, 0.29) is 30.2 Å². The zero-order chi connectivity index (χ0) is 29.5. The van der Waals surface area contributed by atoms with Crippen molar-refractivity contribution in [2.45, 2.75) is 63.8 Å². The summed E-state index contributed by atoms with van der Waals surface area (Å²) in [5.74, 6) is -0.107. The number of amides is 1. The molecule has 1 amide bonds. The standard InChI is InChI=1S/C29H29FN4O7S/c1-15-23-27(37)34(20-9-10-31-25(20)36)29(38)33(28(23)42-24(15)26-32-11-12-40-26)14-22(41-18-6-4-17(35)5-7-18)19-13-16(30)3-8-21(19)39-2/h3,8,11-13,18,20,22H,4-7,9-10,14H2,1-2H3,(H,31,36)/t20-,22+/m1/s1. The molecule has 2 atom stereocenters. The number of carbonyl (C=O) groups is 2. The molecule has 1 saturated carbocycles. The molecule has 3 aromatic heterocycles. The van der Waals surface area contributed by atoms with E-state index < -0.39 is 35.1 Å². The van der Waals surface area contributed by atoms with Gasteiger partial charge in [0.2, 0.25) is 11.8 Å². The van der Waals surface area contributed by atoms with Crippen LogP contribution in [0.4, 0.5) is 4.39 Å². The number of thiophene rings is 1. The lowest BCUT2D eigenvalue weighted by molar-refractivity contribution is -0.125. The number of aryl methyl sites for hydroxylation is 1. The van der Waals surface area contributed by atoms with Gasteiger partial charge in [-0.25, -0.2) is 18.7 Å². The summed E-state index contributed by atoms with van der Waals surface area (Å²) in [5.41, 5.74) is -0.314. The van der Waals surface area contributed by atoms with Crippen LogP contribution in [0, 0.1) is 12.7 Å². The van der Waals surface area contributed by atoms with Gasteiger partial charge in [0.1, 0.15) is 40.6 Å². The summed E-state index contributed by atoms with van der Waals surface area (Å²) in [5, 5.41) is 2.96. The van der Waals surface area contributed by atoms with Crippen LogP contribution in [0.5, 0.6) is 5.75 Å². The molecule has 13 heteroatoms. The maximum atomic E-state index is 14.6. The average molecular weight is 597 g/mol. The number of Topliss-reactive ketones (excluding diaryl/α,β-unsaturated/α-hetero) is 1. The molecule has 1 aliphatic carbocycles. The van der Waals surface area contributed by atoms with Crippen molar-refractivity contribution >= 4 is 33.2 Å². The van der Waals surface area contributed by atoms with Crippen molar-refractivity contribution in [3.05, 3.63) is 68.4 Å². The molecule has 0 radical (unpaired) electrons. The van der Waals surface area contributed by atoms with E-state index in [1.54, 1.807) is 6.92 Å². The summed E-state index contributed by atoms with van der Waals surface area (Å²) >= 11 is 1.17. The Labute approximate surface area is 242 Å². The van der Waals surface area contributed by atoms with Crippen molar-refractivity contribution in [1.82, 2.24) is 19.4 Å². The Hall–Kier alpha value is -4.10. The average Bonchev–Trinajstić information content (AvgIpc) is 3.73. The third-order valence-corrected chi connectivity index (χ3v) is 9.24. The lowest BCUT2D eigenvalue weighted by Crippen LogP contribution is -2.44. The first kappa shape index (κ1) is 28.0. The Balaban J connectivity index is 1.55. The van der Waals surface area contributed by atoms with E-state index in [0.29, 0.717) is 64.7 Å². The molecule has 4 aromatic rings. The lowest BCUT2D eigenvalue weighted by Gasteiger charge is -2.29. The van der Waals surface area contributed by atoms with E-state index in [4.69, 9.17) is 13.9 Å². The highest BCUT2D eigenvalue weighted by atomic mass is 32.1. The summed E-state index contributed by atoms with van der Waals surface area (Å²) in [6.07, 6.45) is 3.71. The SMILES string of the molecule is COc1ccc(F)cc1[C@H](Cn1c(=O)n([C@@H]2CCNC2=O)c(=O)c2c(C)c(-c3ncco3)sc21)OC1CCC(=O)CC1. The van der Waals surface area contributed by atoms with Gasteiger partial charge < -0.3 is 19.2 Å². The Morgan fingerprint density at radius 1 is 1.19 bits per heavy atom. The number of hydrogen-bond donors (Lipinski definition) is 1. The van der Waals surface area contributed by atoms with E-state index in [1.807, 2.05) is 0 Å². The molecule has 1 saturated heterocycles. The third-order valence-electron chi connectivity index (χ3n) is 7.93. The number of rotatable bonds is 8. The number of carbonyl (C=O) groups excluding carboxylic acids is 2. The lowest BCUT2D eigenvalue weighted by atomic mass is 9.96. The molecule has 0 unspecified atom stereocenters. The molecular weight excluding hydrogens is 567 g/mol. The quantitative estimate of drug-likeness (QED) is 0.326. The minimum absolute atomic E-state index is 0.112. The first-order valence-electron chi connectivity index (χ1n) is 13.7. The molecular formula is C29H29FN4O7S. The van der Waals surface area contributed by atoms with Crippen molar-refractivity contribution in [2.24, 2.45) is 0 Å². The van der Waals surface area contributed by atoms with E-state index in [9.17, 15) is 23.6 Å².